The van der Waals surface area contributed by atoms with Gasteiger partial charge in [-0.05, 0) is 32.1 Å². The summed E-state index contributed by atoms with van der Waals surface area (Å²) in [7, 11) is 0. The first-order valence-electron chi connectivity index (χ1n) is 8.14. The first-order valence-corrected chi connectivity index (χ1v) is 8.14. The van der Waals surface area contributed by atoms with Crippen LogP contribution in [-0.4, -0.2) is 34.7 Å². The van der Waals surface area contributed by atoms with E-state index in [1.54, 1.807) is 6.92 Å². The number of aliphatic hydroxyl groups is 1. The molecule has 5 rings (SSSR count). The van der Waals surface area contributed by atoms with Gasteiger partial charge in [-0.25, -0.2) is 9.78 Å². The Balaban J connectivity index is 1.82. The minimum absolute atomic E-state index is 0.00388. The molecule has 0 aromatic carbocycles. The second-order valence-corrected chi connectivity index (χ2v) is 7.48. The van der Waals surface area contributed by atoms with Crippen molar-refractivity contribution in [3.05, 3.63) is 0 Å². The van der Waals surface area contributed by atoms with Gasteiger partial charge in [0.25, 0.3) is 5.79 Å². The van der Waals surface area contributed by atoms with Gasteiger partial charge in [0.2, 0.25) is 5.79 Å². The summed E-state index contributed by atoms with van der Waals surface area (Å²) in [6.07, 6.45) is -2.80. The predicted molar refractivity (Wildman–Crippen MR) is 69.5 cm³/mol. The Bertz CT molecular complexity index is 514. The Kier molecular flexibility index (Phi) is 3.22. The molecule has 5 aliphatic rings. The highest BCUT2D eigenvalue weighted by Crippen LogP contribution is 2.62. The summed E-state index contributed by atoms with van der Waals surface area (Å²) in [4.78, 5) is 11.1. The Morgan fingerprint density at radius 2 is 1.83 bits per heavy atom. The number of fused-ring (bicyclic) bond motifs is 2. The molecule has 0 radical (unpaired) electrons. The van der Waals surface area contributed by atoms with E-state index in [9.17, 15) is 18.3 Å². The number of rotatable bonds is 0. The van der Waals surface area contributed by atoms with Crippen molar-refractivity contribution in [3.8, 4) is 0 Å². The van der Waals surface area contributed by atoms with Gasteiger partial charge in [-0.3, -0.25) is 0 Å². The molecular formula is C15H21F3O5. The first kappa shape index (κ1) is 16.1. The Morgan fingerprint density at radius 1 is 1.09 bits per heavy atom. The van der Waals surface area contributed by atoms with Gasteiger partial charge in [0, 0.05) is 18.3 Å². The van der Waals surface area contributed by atoms with Crippen LogP contribution in [0, 0.1) is 17.8 Å². The number of halogens is 3. The summed E-state index contributed by atoms with van der Waals surface area (Å²) >= 11 is 0. The van der Waals surface area contributed by atoms with Crippen LogP contribution in [0.1, 0.15) is 46.0 Å². The molecule has 1 unspecified atom stereocenters. The molecule has 0 amide bonds. The maximum absolute atomic E-state index is 13.5. The zero-order valence-corrected chi connectivity index (χ0v) is 13.1. The van der Waals surface area contributed by atoms with E-state index in [1.165, 1.54) is 6.92 Å². The lowest BCUT2D eigenvalue weighted by atomic mass is 9.60. The number of ether oxygens (including phenoxy) is 2. The van der Waals surface area contributed by atoms with E-state index in [0.717, 1.165) is 19.3 Å². The fourth-order valence-electron chi connectivity index (χ4n) is 4.90. The Labute approximate surface area is 131 Å². The molecule has 23 heavy (non-hydrogen) atoms. The van der Waals surface area contributed by atoms with Crippen molar-refractivity contribution >= 4 is 0 Å². The average Bonchev–Trinajstić information content (AvgIpc) is 2.68. The van der Waals surface area contributed by atoms with Crippen LogP contribution in [0.4, 0.5) is 13.2 Å². The molecule has 1 saturated carbocycles. The lowest BCUT2D eigenvalue weighted by Gasteiger charge is -2.61. The SMILES string of the molecule is C[C@@H]1[C@@H]2CCCC3CC[C@]4(C)OO[C@]32[C@@H](O4)O[C@@]1(O)C(F)(F)F. The maximum atomic E-state index is 13.5. The number of hydrogen-bond donors (Lipinski definition) is 1. The molecule has 1 spiro atoms. The molecule has 2 bridgehead atoms. The fourth-order valence-corrected chi connectivity index (χ4v) is 4.90. The second-order valence-electron chi connectivity index (χ2n) is 7.48. The van der Waals surface area contributed by atoms with Crippen LogP contribution in [0.3, 0.4) is 0 Å². The van der Waals surface area contributed by atoms with Crippen molar-refractivity contribution in [2.75, 3.05) is 0 Å². The van der Waals surface area contributed by atoms with Crippen LogP contribution >= 0.6 is 0 Å². The van der Waals surface area contributed by atoms with Gasteiger partial charge in [0.1, 0.15) is 0 Å². The molecule has 8 heteroatoms. The van der Waals surface area contributed by atoms with Gasteiger partial charge in [0.15, 0.2) is 11.9 Å². The quantitative estimate of drug-likeness (QED) is 0.688. The molecule has 4 heterocycles. The highest BCUT2D eigenvalue weighted by atomic mass is 19.4. The molecule has 1 N–H and O–H groups in total. The smallest absolute Gasteiger partial charge is 0.358 e. The van der Waals surface area contributed by atoms with Crippen LogP contribution in [0.25, 0.3) is 0 Å². The average molecular weight is 338 g/mol. The summed E-state index contributed by atoms with van der Waals surface area (Å²) in [5.74, 6) is -6.11. The van der Waals surface area contributed by atoms with E-state index in [4.69, 9.17) is 19.2 Å². The van der Waals surface area contributed by atoms with E-state index in [2.05, 4.69) is 0 Å². The van der Waals surface area contributed by atoms with Gasteiger partial charge in [-0.2, -0.15) is 13.2 Å². The standard InChI is InChI=1S/C15H21F3O5/c1-8-10-5-3-4-9-6-7-12(2)20-11(13(9,10)23-22-12)21-14(8,19)15(16,17)18/h8-11,19H,3-7H2,1-2H3/t8-,9?,10+,11+,12+,13-,14-/m1/s1. The van der Waals surface area contributed by atoms with E-state index in [-0.39, 0.29) is 5.92 Å². The zero-order chi connectivity index (χ0) is 16.7. The zero-order valence-electron chi connectivity index (χ0n) is 13.1. The lowest BCUT2D eigenvalue weighted by Crippen LogP contribution is -2.74. The molecule has 7 atom stereocenters. The van der Waals surface area contributed by atoms with Gasteiger partial charge >= 0.3 is 6.18 Å². The van der Waals surface area contributed by atoms with Crippen LogP contribution in [0.15, 0.2) is 0 Å². The van der Waals surface area contributed by atoms with Crippen LogP contribution in [0.2, 0.25) is 0 Å². The van der Waals surface area contributed by atoms with E-state index >= 15 is 0 Å². The first-order chi connectivity index (χ1) is 10.6. The summed E-state index contributed by atoms with van der Waals surface area (Å²) < 4.78 is 51.4. The molecule has 4 aliphatic heterocycles. The molecular weight excluding hydrogens is 317 g/mol. The number of alkyl halides is 3. The Hall–Kier alpha value is -0.410. The molecule has 1 aliphatic carbocycles. The predicted octanol–water partition coefficient (Wildman–Crippen LogP) is 2.87. The van der Waals surface area contributed by atoms with Crippen molar-refractivity contribution < 1.29 is 37.5 Å². The van der Waals surface area contributed by atoms with E-state index in [1.807, 2.05) is 0 Å². The largest absolute Gasteiger partial charge is 0.443 e. The summed E-state index contributed by atoms with van der Waals surface area (Å²) in [5, 5.41) is 10.3. The van der Waals surface area contributed by atoms with E-state index < -0.39 is 41.5 Å². The van der Waals surface area contributed by atoms with Crippen molar-refractivity contribution in [2.24, 2.45) is 17.8 Å². The highest BCUT2D eigenvalue weighted by molar-refractivity contribution is 5.10. The van der Waals surface area contributed by atoms with Crippen molar-refractivity contribution in [1.29, 1.82) is 0 Å². The van der Waals surface area contributed by atoms with Crippen molar-refractivity contribution in [1.82, 2.24) is 0 Å². The van der Waals surface area contributed by atoms with Crippen LogP contribution < -0.4 is 0 Å². The van der Waals surface area contributed by atoms with Gasteiger partial charge < -0.3 is 14.6 Å². The summed E-state index contributed by atoms with van der Waals surface area (Å²) in [6.45, 7) is 2.99. The van der Waals surface area contributed by atoms with E-state index in [0.29, 0.717) is 12.8 Å². The van der Waals surface area contributed by atoms with Crippen molar-refractivity contribution in [3.63, 3.8) is 0 Å². The minimum atomic E-state index is -4.91. The van der Waals surface area contributed by atoms with Gasteiger partial charge in [-0.15, -0.1) is 0 Å². The third kappa shape index (κ3) is 1.93. The van der Waals surface area contributed by atoms with Crippen LogP contribution in [0.5, 0.6) is 0 Å². The highest BCUT2D eigenvalue weighted by Gasteiger charge is 2.75. The normalized spacial score (nSPS) is 56.1. The van der Waals surface area contributed by atoms with Gasteiger partial charge in [-0.1, -0.05) is 13.3 Å². The fraction of sp³-hybridized carbons (Fsp3) is 1.00. The second kappa shape index (κ2) is 4.60. The molecule has 4 saturated heterocycles. The third-order valence-electron chi connectivity index (χ3n) is 6.23. The third-order valence-corrected chi connectivity index (χ3v) is 6.23. The number of hydrogen-bond acceptors (Lipinski definition) is 5. The summed E-state index contributed by atoms with van der Waals surface area (Å²) in [6, 6.07) is 0. The Morgan fingerprint density at radius 3 is 2.52 bits per heavy atom. The van der Waals surface area contributed by atoms with Crippen LogP contribution in [-0.2, 0) is 19.2 Å². The molecule has 0 aromatic heterocycles. The minimum Gasteiger partial charge on any atom is -0.358 e. The molecule has 0 aromatic rings. The topological polar surface area (TPSA) is 57.2 Å². The molecule has 5 fully saturated rings. The summed E-state index contributed by atoms with van der Waals surface area (Å²) in [5.41, 5.74) is -1.08. The molecule has 132 valence electrons. The van der Waals surface area contributed by atoms with Gasteiger partial charge in [0.05, 0.1) is 0 Å². The maximum Gasteiger partial charge on any atom is 0.443 e. The lowest BCUT2D eigenvalue weighted by molar-refractivity contribution is -0.595. The molecule has 5 nitrogen and oxygen atoms in total. The monoisotopic (exact) mass is 338 g/mol. The van der Waals surface area contributed by atoms with Crippen molar-refractivity contribution in [2.45, 2.75) is 75.6 Å².